The number of hydrogen-bond donors (Lipinski definition) is 0. The lowest BCUT2D eigenvalue weighted by atomic mass is 10.1. The standard InChI is InChI=1S/C40H46O4/c1-3-5-7-9-11-13-15-39(41)43-37-29-25-35(26-30-37)23-21-33-17-19-34(20-18-33)22-24-36-27-31-38(32-28-36)44-40(42)16-14-12-10-8-6-4-2/h17-20,25-32H,3-16H2,1-2H3. The Labute approximate surface area is 264 Å². The second-order valence-electron chi connectivity index (χ2n) is 11.1. The van der Waals surface area contributed by atoms with Gasteiger partial charge in [-0.15, -0.1) is 0 Å². The molecule has 0 amide bonds. The molecular formula is C40H46O4. The third-order valence-electron chi connectivity index (χ3n) is 7.23. The minimum atomic E-state index is -0.181. The topological polar surface area (TPSA) is 52.6 Å². The second kappa shape index (κ2) is 20.6. The molecule has 3 aromatic rings. The summed E-state index contributed by atoms with van der Waals surface area (Å²) < 4.78 is 10.9. The van der Waals surface area contributed by atoms with Crippen molar-refractivity contribution in [3.8, 4) is 35.2 Å². The Morgan fingerprint density at radius 2 is 0.705 bits per heavy atom. The molecule has 0 fully saturated rings. The molecule has 0 spiro atoms. The summed E-state index contributed by atoms with van der Waals surface area (Å²) in [6, 6.07) is 22.4. The molecule has 230 valence electrons. The van der Waals surface area contributed by atoms with Crippen LogP contribution in [-0.2, 0) is 9.59 Å². The van der Waals surface area contributed by atoms with Gasteiger partial charge in [0.1, 0.15) is 11.5 Å². The van der Waals surface area contributed by atoms with Gasteiger partial charge in [0.2, 0.25) is 0 Å². The van der Waals surface area contributed by atoms with E-state index in [1.165, 1.54) is 51.4 Å². The first-order valence-electron chi connectivity index (χ1n) is 16.3. The first-order valence-corrected chi connectivity index (χ1v) is 16.3. The van der Waals surface area contributed by atoms with Crippen LogP contribution >= 0.6 is 0 Å². The normalized spacial score (nSPS) is 10.2. The lowest BCUT2D eigenvalue weighted by Gasteiger charge is -2.04. The maximum Gasteiger partial charge on any atom is 0.311 e. The zero-order valence-corrected chi connectivity index (χ0v) is 26.5. The van der Waals surface area contributed by atoms with Gasteiger partial charge in [-0.1, -0.05) is 102 Å². The van der Waals surface area contributed by atoms with Crippen LogP contribution in [0.2, 0.25) is 0 Å². The molecule has 0 unspecified atom stereocenters. The number of benzene rings is 3. The van der Waals surface area contributed by atoms with Crippen molar-refractivity contribution in [2.75, 3.05) is 0 Å². The molecule has 0 saturated carbocycles. The number of hydrogen-bond acceptors (Lipinski definition) is 4. The van der Waals surface area contributed by atoms with Gasteiger partial charge in [-0.2, -0.15) is 0 Å². The highest BCUT2D eigenvalue weighted by molar-refractivity contribution is 5.72. The summed E-state index contributed by atoms with van der Waals surface area (Å²) in [5.74, 6) is 13.4. The molecular weight excluding hydrogens is 544 g/mol. The molecule has 0 N–H and O–H groups in total. The lowest BCUT2D eigenvalue weighted by Crippen LogP contribution is -2.07. The van der Waals surface area contributed by atoms with E-state index in [2.05, 4.69) is 37.5 Å². The summed E-state index contributed by atoms with van der Waals surface area (Å²) in [7, 11) is 0. The summed E-state index contributed by atoms with van der Waals surface area (Å²) in [4.78, 5) is 24.2. The van der Waals surface area contributed by atoms with E-state index >= 15 is 0 Å². The largest absolute Gasteiger partial charge is 0.427 e. The predicted octanol–water partition coefficient (Wildman–Crippen LogP) is 9.80. The van der Waals surface area contributed by atoms with Gasteiger partial charge in [0, 0.05) is 35.1 Å². The number of unbranched alkanes of at least 4 members (excludes halogenated alkanes) is 10. The minimum absolute atomic E-state index is 0.181. The third kappa shape index (κ3) is 14.3. The molecule has 0 aromatic heterocycles. The summed E-state index contributed by atoms with van der Waals surface area (Å²) in [5, 5.41) is 0. The van der Waals surface area contributed by atoms with Crippen LogP contribution < -0.4 is 9.47 Å². The van der Waals surface area contributed by atoms with Crippen LogP contribution in [0.1, 0.15) is 126 Å². The molecule has 44 heavy (non-hydrogen) atoms. The van der Waals surface area contributed by atoms with Crippen molar-refractivity contribution in [1.29, 1.82) is 0 Å². The van der Waals surface area contributed by atoms with Gasteiger partial charge in [-0.3, -0.25) is 9.59 Å². The van der Waals surface area contributed by atoms with Crippen molar-refractivity contribution in [3.63, 3.8) is 0 Å². The summed E-state index contributed by atoms with van der Waals surface area (Å²) in [5.41, 5.74) is 3.47. The molecule has 0 heterocycles. The molecule has 0 bridgehead atoms. The predicted molar refractivity (Wildman–Crippen MR) is 179 cm³/mol. The van der Waals surface area contributed by atoms with E-state index in [1.807, 2.05) is 48.5 Å². The maximum atomic E-state index is 12.1. The second-order valence-corrected chi connectivity index (χ2v) is 11.1. The van der Waals surface area contributed by atoms with Gasteiger partial charge in [-0.05, 0) is 85.6 Å². The highest BCUT2D eigenvalue weighted by atomic mass is 16.5. The average molecular weight is 591 g/mol. The number of esters is 2. The van der Waals surface area contributed by atoms with Crippen molar-refractivity contribution >= 4 is 11.9 Å². The Morgan fingerprint density at radius 3 is 1.02 bits per heavy atom. The molecule has 3 aromatic carbocycles. The summed E-state index contributed by atoms with van der Waals surface area (Å²) in [6.45, 7) is 4.40. The van der Waals surface area contributed by atoms with Crippen LogP contribution in [0, 0.1) is 23.7 Å². The van der Waals surface area contributed by atoms with Gasteiger partial charge < -0.3 is 9.47 Å². The number of rotatable bonds is 16. The van der Waals surface area contributed by atoms with Crippen LogP contribution in [-0.4, -0.2) is 11.9 Å². The van der Waals surface area contributed by atoms with Crippen molar-refractivity contribution in [2.24, 2.45) is 0 Å². The molecule has 4 nitrogen and oxygen atoms in total. The average Bonchev–Trinajstić information content (AvgIpc) is 3.04. The van der Waals surface area contributed by atoms with Crippen LogP contribution in [0.15, 0.2) is 72.8 Å². The minimum Gasteiger partial charge on any atom is -0.427 e. The summed E-state index contributed by atoms with van der Waals surface area (Å²) in [6.07, 6.45) is 14.6. The molecule has 0 aliphatic rings. The summed E-state index contributed by atoms with van der Waals surface area (Å²) >= 11 is 0. The van der Waals surface area contributed by atoms with E-state index in [-0.39, 0.29) is 11.9 Å². The van der Waals surface area contributed by atoms with Crippen LogP contribution in [0.5, 0.6) is 11.5 Å². The van der Waals surface area contributed by atoms with Crippen LogP contribution in [0.4, 0.5) is 0 Å². The van der Waals surface area contributed by atoms with Crippen molar-refractivity contribution in [3.05, 3.63) is 95.1 Å². The fourth-order valence-corrected chi connectivity index (χ4v) is 4.60. The van der Waals surface area contributed by atoms with Gasteiger partial charge in [0.05, 0.1) is 0 Å². The van der Waals surface area contributed by atoms with Crippen LogP contribution in [0.25, 0.3) is 0 Å². The Hall–Kier alpha value is -4.28. The Balaban J connectivity index is 1.41. The first kappa shape index (κ1) is 34.2. The van der Waals surface area contributed by atoms with Gasteiger partial charge >= 0.3 is 11.9 Å². The molecule has 4 heteroatoms. The fraction of sp³-hybridized carbons (Fsp3) is 0.400. The highest BCUT2D eigenvalue weighted by Gasteiger charge is 2.06. The number of carbonyl (C=O) groups excluding carboxylic acids is 2. The number of ether oxygens (including phenoxy) is 2. The van der Waals surface area contributed by atoms with Gasteiger partial charge in [0.15, 0.2) is 0 Å². The monoisotopic (exact) mass is 590 g/mol. The third-order valence-corrected chi connectivity index (χ3v) is 7.23. The van der Waals surface area contributed by atoms with Crippen LogP contribution in [0.3, 0.4) is 0 Å². The number of carbonyl (C=O) groups is 2. The first-order chi connectivity index (χ1) is 21.6. The van der Waals surface area contributed by atoms with E-state index in [0.29, 0.717) is 24.3 Å². The Kier molecular flexibility index (Phi) is 16.0. The zero-order valence-electron chi connectivity index (χ0n) is 26.5. The quantitative estimate of drug-likeness (QED) is 0.0721. The van der Waals surface area contributed by atoms with E-state index in [1.54, 1.807) is 24.3 Å². The maximum absolute atomic E-state index is 12.1. The van der Waals surface area contributed by atoms with Crippen molar-refractivity contribution in [2.45, 2.75) is 104 Å². The molecule has 0 aliphatic carbocycles. The van der Waals surface area contributed by atoms with E-state index in [4.69, 9.17) is 9.47 Å². The van der Waals surface area contributed by atoms with Crippen molar-refractivity contribution in [1.82, 2.24) is 0 Å². The smallest absolute Gasteiger partial charge is 0.311 e. The van der Waals surface area contributed by atoms with E-state index in [9.17, 15) is 9.59 Å². The van der Waals surface area contributed by atoms with Crippen molar-refractivity contribution < 1.29 is 19.1 Å². The van der Waals surface area contributed by atoms with Gasteiger partial charge in [-0.25, -0.2) is 0 Å². The Morgan fingerprint density at radius 1 is 0.432 bits per heavy atom. The molecule has 3 rings (SSSR count). The molecule has 0 saturated heterocycles. The fourth-order valence-electron chi connectivity index (χ4n) is 4.60. The Bertz CT molecular complexity index is 1280. The lowest BCUT2D eigenvalue weighted by molar-refractivity contribution is -0.135. The molecule has 0 aliphatic heterocycles. The van der Waals surface area contributed by atoms with E-state index < -0.39 is 0 Å². The zero-order chi connectivity index (χ0) is 31.2. The van der Waals surface area contributed by atoms with E-state index in [0.717, 1.165) is 47.9 Å². The molecule has 0 atom stereocenters. The SMILES string of the molecule is CCCCCCCCC(=O)Oc1ccc(C#Cc2ccc(C#Cc3ccc(OC(=O)CCCCCCCC)cc3)cc2)cc1. The highest BCUT2D eigenvalue weighted by Crippen LogP contribution is 2.16. The van der Waals surface area contributed by atoms with Gasteiger partial charge in [0.25, 0.3) is 0 Å². The molecule has 0 radical (unpaired) electrons.